The predicted molar refractivity (Wildman–Crippen MR) is 86.3 cm³/mol. The lowest BCUT2D eigenvalue weighted by molar-refractivity contribution is -0.141. The van der Waals surface area contributed by atoms with Crippen LogP contribution in [0.2, 0.25) is 0 Å². The Labute approximate surface area is 131 Å². The number of nitrogens with zero attached hydrogens (tertiary/aromatic N) is 2. The third-order valence-electron chi connectivity index (χ3n) is 4.20. The van der Waals surface area contributed by atoms with Crippen LogP contribution in [0.3, 0.4) is 0 Å². The molecule has 0 aliphatic carbocycles. The Morgan fingerprint density at radius 1 is 1.32 bits per heavy atom. The van der Waals surface area contributed by atoms with Crippen molar-refractivity contribution < 1.29 is 14.7 Å². The van der Waals surface area contributed by atoms with Gasteiger partial charge in [0.05, 0.1) is 0 Å². The van der Waals surface area contributed by atoms with Gasteiger partial charge in [0.15, 0.2) is 0 Å². The molecule has 0 unspecified atom stereocenters. The van der Waals surface area contributed by atoms with E-state index in [2.05, 4.69) is 11.8 Å². The van der Waals surface area contributed by atoms with Crippen LogP contribution in [0.15, 0.2) is 24.3 Å². The molecule has 1 N–H and O–H groups in total. The molecule has 0 bridgehead atoms. The molecule has 5 heteroatoms. The Bertz CT molecular complexity index is 527. The van der Waals surface area contributed by atoms with Crippen LogP contribution >= 0.6 is 0 Å². The molecule has 1 aromatic carbocycles. The summed E-state index contributed by atoms with van der Waals surface area (Å²) in [5.41, 5.74) is 1.63. The third kappa shape index (κ3) is 3.59. The van der Waals surface area contributed by atoms with E-state index < -0.39 is 12.0 Å². The van der Waals surface area contributed by atoms with Crippen molar-refractivity contribution in [1.82, 2.24) is 4.90 Å². The van der Waals surface area contributed by atoms with Crippen molar-refractivity contribution >= 4 is 17.6 Å². The van der Waals surface area contributed by atoms with Gasteiger partial charge in [-0.25, -0.2) is 4.79 Å². The number of carbonyl (C=O) groups excluding carboxylic acids is 1. The number of carboxylic acid groups (broad SMARTS) is 1. The van der Waals surface area contributed by atoms with E-state index in [1.54, 1.807) is 12.1 Å². The SMILES string of the molecule is CCCCN(C)c1ccc(C(=O)N2CCC[C@@H]2C(=O)O)cc1. The molecule has 0 aromatic heterocycles. The summed E-state index contributed by atoms with van der Waals surface area (Å²) >= 11 is 0. The minimum Gasteiger partial charge on any atom is -0.480 e. The van der Waals surface area contributed by atoms with E-state index >= 15 is 0 Å². The van der Waals surface area contributed by atoms with Crippen LogP contribution in [0.4, 0.5) is 5.69 Å². The van der Waals surface area contributed by atoms with Gasteiger partial charge in [0.1, 0.15) is 6.04 Å². The molecule has 1 aliphatic heterocycles. The van der Waals surface area contributed by atoms with Crippen molar-refractivity contribution in [3.63, 3.8) is 0 Å². The highest BCUT2D eigenvalue weighted by molar-refractivity contribution is 5.97. The maximum atomic E-state index is 12.5. The predicted octanol–water partition coefficient (Wildman–Crippen LogP) is 2.61. The van der Waals surface area contributed by atoms with E-state index in [4.69, 9.17) is 0 Å². The van der Waals surface area contributed by atoms with E-state index in [-0.39, 0.29) is 5.91 Å². The van der Waals surface area contributed by atoms with E-state index in [9.17, 15) is 14.7 Å². The van der Waals surface area contributed by atoms with Crippen LogP contribution in [0, 0.1) is 0 Å². The van der Waals surface area contributed by atoms with E-state index in [1.165, 1.54) is 4.90 Å². The molecular weight excluding hydrogens is 280 g/mol. The van der Waals surface area contributed by atoms with Crippen molar-refractivity contribution in [2.75, 3.05) is 25.0 Å². The van der Waals surface area contributed by atoms with Crippen LogP contribution < -0.4 is 4.90 Å². The van der Waals surface area contributed by atoms with Gasteiger partial charge in [-0.3, -0.25) is 4.79 Å². The maximum Gasteiger partial charge on any atom is 0.326 e. The van der Waals surface area contributed by atoms with Crippen molar-refractivity contribution in [1.29, 1.82) is 0 Å². The first-order chi connectivity index (χ1) is 10.5. The van der Waals surface area contributed by atoms with Gasteiger partial charge in [0.2, 0.25) is 0 Å². The number of carbonyl (C=O) groups is 2. The van der Waals surface area contributed by atoms with Crippen LogP contribution in [0.1, 0.15) is 43.0 Å². The number of carboxylic acids is 1. The van der Waals surface area contributed by atoms with Gasteiger partial charge >= 0.3 is 5.97 Å². The zero-order chi connectivity index (χ0) is 16.1. The van der Waals surface area contributed by atoms with E-state index in [1.807, 2.05) is 19.2 Å². The highest BCUT2D eigenvalue weighted by Crippen LogP contribution is 2.22. The summed E-state index contributed by atoms with van der Waals surface area (Å²) in [6.07, 6.45) is 3.57. The number of amides is 1. The lowest BCUT2D eigenvalue weighted by Gasteiger charge is -2.22. The fourth-order valence-corrected chi connectivity index (χ4v) is 2.82. The molecular formula is C17H24N2O3. The largest absolute Gasteiger partial charge is 0.480 e. The summed E-state index contributed by atoms with van der Waals surface area (Å²) in [5, 5.41) is 9.18. The Kier molecular flexibility index (Phi) is 5.41. The standard InChI is InChI=1S/C17H24N2O3/c1-3-4-11-18(2)14-9-7-13(8-10-14)16(20)19-12-5-6-15(19)17(21)22/h7-10,15H,3-6,11-12H2,1-2H3,(H,21,22)/t15-/m1/s1. The zero-order valence-corrected chi connectivity index (χ0v) is 13.3. The van der Waals surface area contributed by atoms with Gasteiger partial charge in [0, 0.05) is 31.4 Å². The Hall–Kier alpha value is -2.04. The summed E-state index contributed by atoms with van der Waals surface area (Å²) in [6, 6.07) is 6.75. The monoisotopic (exact) mass is 304 g/mol. The second kappa shape index (κ2) is 7.29. The first-order valence-electron chi connectivity index (χ1n) is 7.89. The number of unbranched alkanes of at least 4 members (excludes halogenated alkanes) is 1. The number of rotatable bonds is 6. The molecule has 120 valence electrons. The lowest BCUT2D eigenvalue weighted by Crippen LogP contribution is -2.40. The number of aliphatic carboxylic acids is 1. The fraction of sp³-hybridized carbons (Fsp3) is 0.529. The quantitative estimate of drug-likeness (QED) is 0.877. The summed E-state index contributed by atoms with van der Waals surface area (Å²) < 4.78 is 0. The molecule has 0 radical (unpaired) electrons. The molecule has 0 spiro atoms. The van der Waals surface area contributed by atoms with Crippen molar-refractivity contribution in [2.24, 2.45) is 0 Å². The first kappa shape index (κ1) is 16.3. The van der Waals surface area contributed by atoms with Crippen molar-refractivity contribution in [3.05, 3.63) is 29.8 Å². The van der Waals surface area contributed by atoms with Crippen molar-refractivity contribution in [3.8, 4) is 0 Å². The molecule has 1 amide bonds. The van der Waals surface area contributed by atoms with Crippen LogP contribution in [0.25, 0.3) is 0 Å². The number of anilines is 1. The van der Waals surface area contributed by atoms with Crippen LogP contribution in [0.5, 0.6) is 0 Å². The normalized spacial score (nSPS) is 17.5. The second-order valence-corrected chi connectivity index (χ2v) is 5.82. The Balaban J connectivity index is 2.06. The van der Waals surface area contributed by atoms with Gasteiger partial charge in [-0.1, -0.05) is 13.3 Å². The van der Waals surface area contributed by atoms with E-state index in [0.717, 1.165) is 31.5 Å². The minimum absolute atomic E-state index is 0.187. The van der Waals surface area contributed by atoms with E-state index in [0.29, 0.717) is 18.5 Å². The summed E-state index contributed by atoms with van der Waals surface area (Å²) in [5.74, 6) is -1.10. The molecule has 0 saturated carbocycles. The molecule has 1 aromatic rings. The number of benzene rings is 1. The van der Waals surface area contributed by atoms with Gasteiger partial charge in [-0.05, 0) is 43.5 Å². The van der Waals surface area contributed by atoms with Gasteiger partial charge in [-0.2, -0.15) is 0 Å². The van der Waals surface area contributed by atoms with Crippen LogP contribution in [-0.4, -0.2) is 48.1 Å². The fourth-order valence-electron chi connectivity index (χ4n) is 2.82. The average molecular weight is 304 g/mol. The molecule has 5 nitrogen and oxygen atoms in total. The molecule has 2 rings (SSSR count). The number of hydrogen-bond donors (Lipinski definition) is 1. The smallest absolute Gasteiger partial charge is 0.326 e. The van der Waals surface area contributed by atoms with Gasteiger partial charge in [-0.15, -0.1) is 0 Å². The Morgan fingerprint density at radius 3 is 2.59 bits per heavy atom. The summed E-state index contributed by atoms with van der Waals surface area (Å²) in [4.78, 5) is 27.3. The van der Waals surface area contributed by atoms with Crippen LogP contribution in [-0.2, 0) is 4.79 Å². The average Bonchev–Trinajstić information content (AvgIpc) is 3.02. The molecule has 22 heavy (non-hydrogen) atoms. The first-order valence-corrected chi connectivity index (χ1v) is 7.89. The molecule has 1 saturated heterocycles. The second-order valence-electron chi connectivity index (χ2n) is 5.82. The zero-order valence-electron chi connectivity index (χ0n) is 13.3. The topological polar surface area (TPSA) is 60.9 Å². The molecule has 1 atom stereocenters. The highest BCUT2D eigenvalue weighted by atomic mass is 16.4. The molecule has 1 heterocycles. The molecule has 1 aliphatic rings. The summed E-state index contributed by atoms with van der Waals surface area (Å²) in [6.45, 7) is 3.66. The molecule has 1 fully saturated rings. The van der Waals surface area contributed by atoms with Gasteiger partial charge in [0.25, 0.3) is 5.91 Å². The number of likely N-dealkylation sites (tertiary alicyclic amines) is 1. The van der Waals surface area contributed by atoms with Crippen molar-refractivity contribution in [2.45, 2.75) is 38.6 Å². The highest BCUT2D eigenvalue weighted by Gasteiger charge is 2.34. The van der Waals surface area contributed by atoms with Gasteiger partial charge < -0.3 is 14.9 Å². The Morgan fingerprint density at radius 2 is 2.00 bits per heavy atom. The lowest BCUT2D eigenvalue weighted by atomic mass is 10.1. The minimum atomic E-state index is -0.915. The maximum absolute atomic E-state index is 12.5. The summed E-state index contributed by atoms with van der Waals surface area (Å²) in [7, 11) is 2.04. The third-order valence-corrected chi connectivity index (χ3v) is 4.20. The number of hydrogen-bond acceptors (Lipinski definition) is 3.